The second kappa shape index (κ2) is 5.18. The van der Waals surface area contributed by atoms with E-state index in [0.717, 1.165) is 10.5 Å². The summed E-state index contributed by atoms with van der Waals surface area (Å²) in [6.07, 6.45) is 0.410. The average molecular weight is 223 g/mol. The lowest BCUT2D eigenvalue weighted by atomic mass is 10.2. The molecule has 0 aromatic heterocycles. The van der Waals surface area contributed by atoms with Gasteiger partial charge in [0.2, 0.25) is 0 Å². The Bertz CT molecular complexity index is 363. The monoisotopic (exact) mass is 223 g/mol. The fourth-order valence-electron chi connectivity index (χ4n) is 1.09. The third-order valence-electron chi connectivity index (χ3n) is 1.76. The van der Waals surface area contributed by atoms with Crippen molar-refractivity contribution in [2.75, 3.05) is 5.75 Å². The van der Waals surface area contributed by atoms with E-state index in [2.05, 4.69) is 6.07 Å². The SMILES string of the molecule is CC(C)(F)CSc1cccc(CC#N)c1. The maximum Gasteiger partial charge on any atom is 0.114 e. The lowest BCUT2D eigenvalue weighted by Gasteiger charge is -2.13. The average Bonchev–Trinajstić information content (AvgIpc) is 2.15. The van der Waals surface area contributed by atoms with Crippen molar-refractivity contribution in [1.29, 1.82) is 5.26 Å². The first-order chi connectivity index (χ1) is 7.01. The molecule has 0 spiro atoms. The number of hydrogen-bond acceptors (Lipinski definition) is 2. The fraction of sp³-hybridized carbons (Fsp3) is 0.417. The quantitative estimate of drug-likeness (QED) is 0.728. The predicted octanol–water partition coefficient (Wildman–Crippen LogP) is 3.59. The van der Waals surface area contributed by atoms with Gasteiger partial charge in [0.1, 0.15) is 5.67 Å². The zero-order valence-corrected chi connectivity index (χ0v) is 9.77. The van der Waals surface area contributed by atoms with Gasteiger partial charge in [-0.05, 0) is 31.5 Å². The number of nitrogens with zero attached hydrogens (tertiary/aromatic N) is 1. The van der Waals surface area contributed by atoms with Crippen molar-refractivity contribution in [3.63, 3.8) is 0 Å². The fourth-order valence-corrected chi connectivity index (χ4v) is 2.01. The second-order valence-electron chi connectivity index (χ2n) is 3.99. The molecule has 0 bridgehead atoms. The molecule has 0 amide bonds. The van der Waals surface area contributed by atoms with Crippen LogP contribution in [-0.4, -0.2) is 11.4 Å². The minimum absolute atomic E-state index is 0.410. The van der Waals surface area contributed by atoms with E-state index in [4.69, 9.17) is 5.26 Å². The number of halogens is 1. The Morgan fingerprint density at radius 2 is 2.20 bits per heavy atom. The number of rotatable bonds is 4. The molecule has 3 heteroatoms. The molecule has 0 fully saturated rings. The highest BCUT2D eigenvalue weighted by atomic mass is 32.2. The molecular weight excluding hydrogens is 209 g/mol. The van der Waals surface area contributed by atoms with Crippen LogP contribution in [0.25, 0.3) is 0 Å². The molecule has 0 heterocycles. The summed E-state index contributed by atoms with van der Waals surface area (Å²) >= 11 is 1.48. The largest absolute Gasteiger partial charge is 0.244 e. The molecule has 0 aliphatic rings. The normalized spacial score (nSPS) is 11.1. The maximum atomic E-state index is 13.3. The summed E-state index contributed by atoms with van der Waals surface area (Å²) in [4.78, 5) is 1.02. The highest BCUT2D eigenvalue weighted by molar-refractivity contribution is 7.99. The van der Waals surface area contributed by atoms with E-state index >= 15 is 0 Å². The Morgan fingerprint density at radius 1 is 1.47 bits per heavy atom. The summed E-state index contributed by atoms with van der Waals surface area (Å²) in [6, 6.07) is 9.80. The Kier molecular flexibility index (Phi) is 4.16. The summed E-state index contributed by atoms with van der Waals surface area (Å²) in [7, 11) is 0. The van der Waals surface area contributed by atoms with Gasteiger partial charge in [-0.1, -0.05) is 12.1 Å². The molecule has 15 heavy (non-hydrogen) atoms. The van der Waals surface area contributed by atoms with Crippen LogP contribution in [0.2, 0.25) is 0 Å². The van der Waals surface area contributed by atoms with Crippen molar-refractivity contribution in [2.45, 2.75) is 30.8 Å². The third kappa shape index (κ3) is 4.85. The van der Waals surface area contributed by atoms with Crippen molar-refractivity contribution in [2.24, 2.45) is 0 Å². The topological polar surface area (TPSA) is 23.8 Å². The van der Waals surface area contributed by atoms with Crippen molar-refractivity contribution in [3.05, 3.63) is 29.8 Å². The molecule has 0 radical (unpaired) electrons. The second-order valence-corrected chi connectivity index (χ2v) is 5.04. The smallest absolute Gasteiger partial charge is 0.114 e. The van der Waals surface area contributed by atoms with E-state index in [0.29, 0.717) is 12.2 Å². The third-order valence-corrected chi connectivity index (χ3v) is 3.18. The Labute approximate surface area is 94.3 Å². The van der Waals surface area contributed by atoms with E-state index in [9.17, 15) is 4.39 Å². The van der Waals surface area contributed by atoms with Crippen molar-refractivity contribution in [3.8, 4) is 6.07 Å². The molecule has 0 aliphatic carbocycles. The Morgan fingerprint density at radius 3 is 2.80 bits per heavy atom. The van der Waals surface area contributed by atoms with Crippen molar-refractivity contribution in [1.82, 2.24) is 0 Å². The maximum absolute atomic E-state index is 13.3. The van der Waals surface area contributed by atoms with Gasteiger partial charge in [-0.3, -0.25) is 0 Å². The van der Waals surface area contributed by atoms with E-state index in [1.54, 1.807) is 13.8 Å². The summed E-state index contributed by atoms with van der Waals surface area (Å²) in [5.74, 6) is 0.434. The summed E-state index contributed by atoms with van der Waals surface area (Å²) in [5.41, 5.74) is -0.172. The molecule has 0 unspecified atom stereocenters. The standard InChI is InChI=1S/C12H14FNS/c1-12(2,13)9-15-11-5-3-4-10(8-11)6-7-14/h3-5,8H,6,9H2,1-2H3. The van der Waals surface area contributed by atoms with Gasteiger partial charge in [-0.25, -0.2) is 4.39 Å². The van der Waals surface area contributed by atoms with Crippen LogP contribution in [0.3, 0.4) is 0 Å². The molecule has 80 valence electrons. The van der Waals surface area contributed by atoms with Gasteiger partial charge in [0, 0.05) is 10.6 Å². The van der Waals surface area contributed by atoms with Gasteiger partial charge in [0.05, 0.1) is 12.5 Å². The van der Waals surface area contributed by atoms with Gasteiger partial charge >= 0.3 is 0 Å². The summed E-state index contributed by atoms with van der Waals surface area (Å²) in [5, 5.41) is 8.55. The first-order valence-corrected chi connectivity index (χ1v) is 5.77. The Hall–Kier alpha value is -1.01. The molecule has 1 aromatic carbocycles. The molecule has 1 rings (SSSR count). The molecule has 0 saturated carbocycles. The highest BCUT2D eigenvalue weighted by Crippen LogP contribution is 2.25. The minimum Gasteiger partial charge on any atom is -0.244 e. The van der Waals surface area contributed by atoms with E-state index in [1.807, 2.05) is 24.3 Å². The molecule has 1 aromatic rings. The Balaban J connectivity index is 2.62. The van der Waals surface area contributed by atoms with Crippen LogP contribution in [0.5, 0.6) is 0 Å². The lowest BCUT2D eigenvalue weighted by Crippen LogP contribution is -2.14. The molecular formula is C12H14FNS. The van der Waals surface area contributed by atoms with Crippen LogP contribution in [-0.2, 0) is 6.42 Å². The number of benzene rings is 1. The van der Waals surface area contributed by atoms with Crippen molar-refractivity contribution < 1.29 is 4.39 Å². The van der Waals surface area contributed by atoms with E-state index < -0.39 is 5.67 Å². The zero-order valence-electron chi connectivity index (χ0n) is 8.96. The van der Waals surface area contributed by atoms with Crippen LogP contribution in [0, 0.1) is 11.3 Å². The number of thioether (sulfide) groups is 1. The molecule has 0 saturated heterocycles. The van der Waals surface area contributed by atoms with Crippen LogP contribution < -0.4 is 0 Å². The summed E-state index contributed by atoms with van der Waals surface area (Å²) in [6.45, 7) is 3.14. The van der Waals surface area contributed by atoms with Crippen LogP contribution in [0.1, 0.15) is 19.4 Å². The van der Waals surface area contributed by atoms with Crippen LogP contribution in [0.4, 0.5) is 4.39 Å². The first-order valence-electron chi connectivity index (χ1n) is 4.79. The van der Waals surface area contributed by atoms with Gasteiger partial charge in [0.15, 0.2) is 0 Å². The molecule has 0 N–H and O–H groups in total. The summed E-state index contributed by atoms with van der Waals surface area (Å²) < 4.78 is 13.3. The number of nitriles is 1. The predicted molar refractivity (Wildman–Crippen MR) is 61.7 cm³/mol. The van der Waals surface area contributed by atoms with E-state index in [1.165, 1.54) is 11.8 Å². The molecule has 1 nitrogen and oxygen atoms in total. The lowest BCUT2D eigenvalue weighted by molar-refractivity contribution is 0.253. The number of alkyl halides is 1. The van der Waals surface area contributed by atoms with Crippen LogP contribution in [0.15, 0.2) is 29.2 Å². The van der Waals surface area contributed by atoms with Gasteiger partial charge < -0.3 is 0 Å². The molecule has 0 aliphatic heterocycles. The highest BCUT2D eigenvalue weighted by Gasteiger charge is 2.15. The van der Waals surface area contributed by atoms with Gasteiger partial charge in [-0.15, -0.1) is 11.8 Å². The van der Waals surface area contributed by atoms with E-state index in [-0.39, 0.29) is 0 Å². The number of hydrogen-bond donors (Lipinski definition) is 0. The van der Waals surface area contributed by atoms with Gasteiger partial charge in [-0.2, -0.15) is 5.26 Å². The zero-order chi connectivity index (χ0) is 11.3. The van der Waals surface area contributed by atoms with Gasteiger partial charge in [0.25, 0.3) is 0 Å². The first kappa shape index (κ1) is 12.1. The van der Waals surface area contributed by atoms with Crippen molar-refractivity contribution >= 4 is 11.8 Å². The molecule has 0 atom stereocenters. The van der Waals surface area contributed by atoms with Crippen LogP contribution >= 0.6 is 11.8 Å². The minimum atomic E-state index is -1.16.